The second kappa shape index (κ2) is 8.07. The standard InChI is InChI=1S/C17H25FN2O3S/c1-13-7-8-15(11-16(13)18)24(22,23)20(12-17(19)21)10-9-14-5-3-2-4-6-14/h7-8,11,14H,2-6,9-10,12H2,1H3,(H2,19,21). The number of aryl methyl sites for hydroxylation is 1. The van der Waals surface area contributed by atoms with E-state index in [1.807, 2.05) is 0 Å². The second-order valence-corrected chi connectivity index (χ2v) is 8.45. The van der Waals surface area contributed by atoms with Crippen LogP contribution in [0, 0.1) is 18.7 Å². The first-order valence-electron chi connectivity index (χ1n) is 8.35. The van der Waals surface area contributed by atoms with Gasteiger partial charge in [-0.3, -0.25) is 4.79 Å². The number of halogens is 1. The summed E-state index contributed by atoms with van der Waals surface area (Å²) in [5.41, 5.74) is 5.58. The summed E-state index contributed by atoms with van der Waals surface area (Å²) in [6, 6.07) is 3.79. The van der Waals surface area contributed by atoms with Gasteiger partial charge >= 0.3 is 0 Å². The summed E-state index contributed by atoms with van der Waals surface area (Å²) in [4.78, 5) is 11.2. The highest BCUT2D eigenvalue weighted by Crippen LogP contribution is 2.27. The van der Waals surface area contributed by atoms with Gasteiger partial charge in [0, 0.05) is 6.54 Å². The first kappa shape index (κ1) is 18.9. The molecule has 0 atom stereocenters. The van der Waals surface area contributed by atoms with Crippen molar-refractivity contribution < 1.29 is 17.6 Å². The molecule has 0 spiro atoms. The van der Waals surface area contributed by atoms with E-state index in [9.17, 15) is 17.6 Å². The molecule has 1 saturated carbocycles. The van der Waals surface area contributed by atoms with Gasteiger partial charge in [0.2, 0.25) is 15.9 Å². The summed E-state index contributed by atoms with van der Waals surface area (Å²) >= 11 is 0. The molecule has 134 valence electrons. The zero-order valence-corrected chi connectivity index (χ0v) is 14.8. The number of hydrogen-bond acceptors (Lipinski definition) is 3. The van der Waals surface area contributed by atoms with Crippen LogP contribution in [0.2, 0.25) is 0 Å². The Balaban J connectivity index is 2.17. The fourth-order valence-corrected chi connectivity index (χ4v) is 4.58. The van der Waals surface area contributed by atoms with Crippen molar-refractivity contribution in [2.75, 3.05) is 13.1 Å². The third-order valence-electron chi connectivity index (χ3n) is 4.62. The van der Waals surface area contributed by atoms with Gasteiger partial charge in [-0.1, -0.05) is 38.2 Å². The molecule has 0 saturated heterocycles. The van der Waals surface area contributed by atoms with E-state index in [1.165, 1.54) is 18.6 Å². The summed E-state index contributed by atoms with van der Waals surface area (Å²) in [5, 5.41) is 0. The molecule has 1 aliphatic carbocycles. The Morgan fingerprint density at radius 1 is 1.29 bits per heavy atom. The third-order valence-corrected chi connectivity index (χ3v) is 6.47. The molecule has 1 fully saturated rings. The maximum Gasteiger partial charge on any atom is 0.243 e. The second-order valence-electron chi connectivity index (χ2n) is 6.51. The summed E-state index contributed by atoms with van der Waals surface area (Å²) in [6.07, 6.45) is 6.42. The lowest BCUT2D eigenvalue weighted by atomic mass is 9.87. The van der Waals surface area contributed by atoms with Gasteiger partial charge in [0.05, 0.1) is 11.4 Å². The Kier molecular flexibility index (Phi) is 6.34. The molecule has 2 rings (SSSR count). The molecule has 0 bridgehead atoms. The van der Waals surface area contributed by atoms with E-state index in [2.05, 4.69) is 0 Å². The number of nitrogens with two attached hydrogens (primary N) is 1. The number of sulfonamides is 1. The molecule has 0 aliphatic heterocycles. The lowest BCUT2D eigenvalue weighted by molar-refractivity contribution is -0.118. The maximum atomic E-state index is 13.7. The first-order chi connectivity index (χ1) is 11.3. The lowest BCUT2D eigenvalue weighted by Crippen LogP contribution is -2.39. The van der Waals surface area contributed by atoms with Gasteiger partial charge in [0.15, 0.2) is 0 Å². The number of rotatable bonds is 7. The van der Waals surface area contributed by atoms with Gasteiger partial charge in [-0.2, -0.15) is 4.31 Å². The van der Waals surface area contributed by atoms with Crippen LogP contribution in [0.5, 0.6) is 0 Å². The number of carbonyl (C=O) groups is 1. The number of hydrogen-bond donors (Lipinski definition) is 1. The van der Waals surface area contributed by atoms with Crippen molar-refractivity contribution in [3.63, 3.8) is 0 Å². The molecule has 0 radical (unpaired) electrons. The summed E-state index contributed by atoms with van der Waals surface area (Å²) in [5.74, 6) is -0.823. The average Bonchev–Trinajstić information content (AvgIpc) is 2.54. The molecule has 0 heterocycles. The highest BCUT2D eigenvalue weighted by atomic mass is 32.2. The normalized spacial score (nSPS) is 16.5. The first-order valence-corrected chi connectivity index (χ1v) is 9.79. The largest absolute Gasteiger partial charge is 0.369 e. The number of primary amides is 1. The van der Waals surface area contributed by atoms with Gasteiger partial charge < -0.3 is 5.73 Å². The topological polar surface area (TPSA) is 80.5 Å². The van der Waals surface area contributed by atoms with E-state index in [0.29, 0.717) is 17.9 Å². The predicted octanol–water partition coefficient (Wildman–Crippen LogP) is 2.58. The summed E-state index contributed by atoms with van der Waals surface area (Å²) in [7, 11) is -3.94. The Hall–Kier alpha value is -1.47. The molecule has 1 aromatic rings. The number of amides is 1. The van der Waals surface area contributed by atoms with Crippen molar-refractivity contribution in [1.29, 1.82) is 0 Å². The zero-order chi connectivity index (χ0) is 17.7. The highest BCUT2D eigenvalue weighted by molar-refractivity contribution is 7.89. The van der Waals surface area contributed by atoms with E-state index < -0.39 is 21.7 Å². The van der Waals surface area contributed by atoms with Gasteiger partial charge in [-0.15, -0.1) is 0 Å². The summed E-state index contributed by atoms with van der Waals surface area (Å²) < 4.78 is 40.3. The highest BCUT2D eigenvalue weighted by Gasteiger charge is 2.27. The van der Waals surface area contributed by atoms with Crippen LogP contribution in [0.15, 0.2) is 23.1 Å². The van der Waals surface area contributed by atoms with Crippen molar-refractivity contribution >= 4 is 15.9 Å². The molecule has 0 aromatic heterocycles. The van der Waals surface area contributed by atoms with Crippen LogP contribution in [-0.2, 0) is 14.8 Å². The molecule has 5 nitrogen and oxygen atoms in total. The lowest BCUT2D eigenvalue weighted by Gasteiger charge is -2.26. The predicted molar refractivity (Wildman–Crippen MR) is 90.3 cm³/mol. The quantitative estimate of drug-likeness (QED) is 0.815. The fourth-order valence-electron chi connectivity index (χ4n) is 3.14. The molecule has 0 unspecified atom stereocenters. The van der Waals surface area contributed by atoms with Crippen LogP contribution in [0.3, 0.4) is 0 Å². The van der Waals surface area contributed by atoms with Crippen molar-refractivity contribution in [2.45, 2.75) is 50.3 Å². The van der Waals surface area contributed by atoms with E-state index >= 15 is 0 Å². The smallest absolute Gasteiger partial charge is 0.243 e. The summed E-state index contributed by atoms with van der Waals surface area (Å²) in [6.45, 7) is 1.41. The van der Waals surface area contributed by atoms with E-state index in [0.717, 1.165) is 36.1 Å². The van der Waals surface area contributed by atoms with E-state index in [1.54, 1.807) is 6.92 Å². The van der Waals surface area contributed by atoms with Crippen LogP contribution in [-0.4, -0.2) is 31.7 Å². The fraction of sp³-hybridized carbons (Fsp3) is 0.588. The van der Waals surface area contributed by atoms with Crippen molar-refractivity contribution in [3.8, 4) is 0 Å². The van der Waals surface area contributed by atoms with Crippen molar-refractivity contribution in [3.05, 3.63) is 29.6 Å². The third kappa shape index (κ3) is 4.77. The minimum Gasteiger partial charge on any atom is -0.369 e. The van der Waals surface area contributed by atoms with Gasteiger partial charge in [-0.05, 0) is 37.0 Å². The zero-order valence-electron chi connectivity index (χ0n) is 14.0. The van der Waals surface area contributed by atoms with Gasteiger partial charge in [0.25, 0.3) is 0 Å². The van der Waals surface area contributed by atoms with Crippen LogP contribution >= 0.6 is 0 Å². The SMILES string of the molecule is Cc1ccc(S(=O)(=O)N(CCC2CCCCC2)CC(N)=O)cc1F. The molecular formula is C17H25FN2O3S. The molecule has 1 aromatic carbocycles. The van der Waals surface area contributed by atoms with Crippen LogP contribution in [0.25, 0.3) is 0 Å². The van der Waals surface area contributed by atoms with Crippen LogP contribution < -0.4 is 5.73 Å². The van der Waals surface area contributed by atoms with E-state index in [4.69, 9.17) is 5.73 Å². The molecule has 2 N–H and O–H groups in total. The Labute approximate surface area is 143 Å². The molecular weight excluding hydrogens is 331 g/mol. The Bertz CT molecular complexity index is 685. The van der Waals surface area contributed by atoms with Crippen molar-refractivity contribution in [1.82, 2.24) is 4.31 Å². The van der Waals surface area contributed by atoms with Crippen LogP contribution in [0.4, 0.5) is 4.39 Å². The average molecular weight is 356 g/mol. The van der Waals surface area contributed by atoms with Crippen molar-refractivity contribution in [2.24, 2.45) is 11.7 Å². The number of carbonyl (C=O) groups excluding carboxylic acids is 1. The molecule has 1 amide bonds. The van der Waals surface area contributed by atoms with E-state index in [-0.39, 0.29) is 18.0 Å². The van der Waals surface area contributed by atoms with Gasteiger partial charge in [-0.25, -0.2) is 12.8 Å². The minimum atomic E-state index is -3.94. The van der Waals surface area contributed by atoms with Gasteiger partial charge in [0.1, 0.15) is 5.82 Å². The molecule has 7 heteroatoms. The number of nitrogens with zero attached hydrogens (tertiary/aromatic N) is 1. The molecule has 24 heavy (non-hydrogen) atoms. The monoisotopic (exact) mass is 356 g/mol. The van der Waals surface area contributed by atoms with Crippen LogP contribution in [0.1, 0.15) is 44.1 Å². The number of benzene rings is 1. The Morgan fingerprint density at radius 2 is 1.96 bits per heavy atom. The Morgan fingerprint density at radius 3 is 2.54 bits per heavy atom. The maximum absolute atomic E-state index is 13.7. The molecule has 1 aliphatic rings. The minimum absolute atomic E-state index is 0.143.